The Morgan fingerprint density at radius 1 is 0.709 bits per heavy atom. The van der Waals surface area contributed by atoms with Gasteiger partial charge in [-0.3, -0.25) is 9.69 Å². The van der Waals surface area contributed by atoms with Gasteiger partial charge < -0.3 is 50.9 Å². The minimum atomic E-state index is -0.165. The molecule has 5 N–H and O–H groups in total. The number of carbonyl (C=O) groups is 1. The van der Waals surface area contributed by atoms with E-state index in [1.807, 2.05) is 76.2 Å². The summed E-state index contributed by atoms with van der Waals surface area (Å²) in [7, 11) is 4.25. The van der Waals surface area contributed by atoms with E-state index in [1.165, 1.54) is 51.4 Å². The van der Waals surface area contributed by atoms with E-state index >= 15 is 0 Å². The van der Waals surface area contributed by atoms with Crippen LogP contribution in [0.2, 0.25) is 10.0 Å². The lowest BCUT2D eigenvalue weighted by atomic mass is 10.00. The molecule has 0 unspecified atom stereocenters. The Bertz CT molecular complexity index is 2930. The summed E-state index contributed by atoms with van der Waals surface area (Å²) in [5.41, 5.74) is 5.76. The number of pyridine rings is 1. The van der Waals surface area contributed by atoms with Crippen molar-refractivity contribution in [2.45, 2.75) is 95.9 Å². The minimum absolute atomic E-state index is 0.0250. The first-order valence-corrected chi connectivity index (χ1v) is 29.5. The molecule has 9 rings (SSSR count). The third-order valence-electron chi connectivity index (χ3n) is 13.9. The summed E-state index contributed by atoms with van der Waals surface area (Å²) in [5.74, 6) is 3.40. The summed E-state index contributed by atoms with van der Waals surface area (Å²) in [5, 5.41) is 17.3. The standard InChI is InChI=1S/C30H42ClN7OS.C29H37ClN8O/c1-21(2)39-27-19-23(38-17-15-37(16-18-38)14-13-36(5)6)11-12-25(27)34-30-32-20-24(31)29(35-30)33-26-9-7-8-10-28(26)40-22(3)4;1-3-31-28(39)22-9-5-6-10-25(22)34-27-23(30)19-32-29(36-27)35-24-11-12-26(33-20(24)2)38-17-13-21(14-18-38)37-15-7-4-8-16-37/h7-12,19-22H,13-18H2,1-6H3,(H2,32,33,34,35);5-6,9-12,19,21H,3-4,7-8,13-18H2,1-2H3,(H,31,39)(H2,32,34,35,36). The summed E-state index contributed by atoms with van der Waals surface area (Å²) in [6, 6.07) is 26.5. The number of likely N-dealkylation sites (tertiary alicyclic amines) is 1. The number of thioether (sulfide) groups is 1. The second kappa shape index (κ2) is 28.8. The van der Waals surface area contributed by atoms with Crippen LogP contribution in [0.15, 0.2) is 96.2 Å². The van der Waals surface area contributed by atoms with E-state index in [2.05, 4.69) is 118 Å². The number of amides is 1. The number of anilines is 10. The molecule has 0 aliphatic carbocycles. The number of piperazine rings is 1. The van der Waals surface area contributed by atoms with Gasteiger partial charge in [-0.2, -0.15) is 9.97 Å². The highest BCUT2D eigenvalue weighted by molar-refractivity contribution is 8.00. The number of aromatic nitrogens is 5. The number of halogens is 2. The molecular weight excluding hydrogens is 1050 g/mol. The summed E-state index contributed by atoms with van der Waals surface area (Å²) in [4.78, 5) is 48.9. The molecule has 3 fully saturated rings. The Morgan fingerprint density at radius 3 is 1.96 bits per heavy atom. The summed E-state index contributed by atoms with van der Waals surface area (Å²) in [6.07, 6.45) is 9.63. The fourth-order valence-corrected chi connectivity index (χ4v) is 11.0. The summed E-state index contributed by atoms with van der Waals surface area (Å²) < 4.78 is 6.23. The second-order valence-corrected chi connectivity index (χ2v) is 23.4. The van der Waals surface area contributed by atoms with Crippen molar-refractivity contribution in [2.75, 3.05) is 117 Å². The van der Waals surface area contributed by atoms with Crippen molar-refractivity contribution in [1.82, 2.24) is 44.9 Å². The topological polar surface area (TPSA) is 167 Å². The smallest absolute Gasteiger partial charge is 0.253 e. The van der Waals surface area contributed by atoms with Crippen LogP contribution < -0.4 is 41.1 Å². The van der Waals surface area contributed by atoms with Gasteiger partial charge in [0, 0.05) is 86.8 Å². The first kappa shape index (κ1) is 59.0. The van der Waals surface area contributed by atoms with Gasteiger partial charge >= 0.3 is 0 Å². The SMILES string of the molecule is CC(C)Oc1cc(N2CCN(CCN(C)C)CC2)ccc1Nc1ncc(Cl)c(Nc2ccccc2SC(C)C)n1.CCNC(=O)c1ccccc1Nc1nc(Nc2ccc(N3CCC(N4CCCCC4)CC3)nc2C)ncc1Cl. The average Bonchev–Trinajstić information content (AvgIpc) is 3.46. The Morgan fingerprint density at radius 2 is 1.33 bits per heavy atom. The number of nitrogens with one attached hydrogen (secondary N) is 5. The zero-order valence-corrected chi connectivity index (χ0v) is 49.5. The van der Waals surface area contributed by atoms with Crippen LogP contribution in [0.3, 0.4) is 0 Å². The van der Waals surface area contributed by atoms with Gasteiger partial charge in [-0.25, -0.2) is 15.0 Å². The third-order valence-corrected chi connectivity index (χ3v) is 15.6. The molecule has 6 aromatic rings. The molecule has 0 bridgehead atoms. The fourth-order valence-electron chi connectivity index (χ4n) is 9.83. The van der Waals surface area contributed by atoms with E-state index in [0.29, 0.717) is 62.7 Å². The lowest BCUT2D eigenvalue weighted by molar-refractivity contribution is 0.0956. The van der Waals surface area contributed by atoms with Crippen LogP contribution in [0.1, 0.15) is 82.8 Å². The zero-order valence-electron chi connectivity index (χ0n) is 47.2. The van der Waals surface area contributed by atoms with Crippen LogP contribution in [-0.4, -0.2) is 149 Å². The molecular formula is C59H79Cl2N15O2S. The number of piperidine rings is 2. The first-order valence-electron chi connectivity index (χ1n) is 27.8. The van der Waals surface area contributed by atoms with Crippen LogP contribution in [0.4, 0.5) is 57.8 Å². The predicted molar refractivity (Wildman–Crippen MR) is 328 cm³/mol. The summed E-state index contributed by atoms with van der Waals surface area (Å²) in [6.45, 7) is 23.7. The Labute approximate surface area is 482 Å². The van der Waals surface area contributed by atoms with Gasteiger partial charge in [-0.1, -0.05) is 67.7 Å². The number of nitrogens with zero attached hydrogens (tertiary/aromatic N) is 10. The van der Waals surface area contributed by atoms with E-state index in [9.17, 15) is 4.79 Å². The zero-order chi connectivity index (χ0) is 55.8. The van der Waals surface area contributed by atoms with Crippen LogP contribution in [0, 0.1) is 6.92 Å². The maximum absolute atomic E-state index is 12.5. The van der Waals surface area contributed by atoms with E-state index in [4.69, 9.17) is 37.9 Å². The number of carbonyl (C=O) groups excluding carboxylic acids is 1. The molecule has 0 saturated carbocycles. The molecule has 3 aliphatic heterocycles. The highest BCUT2D eigenvalue weighted by Crippen LogP contribution is 2.37. The molecule has 422 valence electrons. The molecule has 3 aromatic heterocycles. The van der Waals surface area contributed by atoms with Gasteiger partial charge in [0.15, 0.2) is 11.6 Å². The molecule has 79 heavy (non-hydrogen) atoms. The second-order valence-electron chi connectivity index (χ2n) is 20.9. The van der Waals surface area contributed by atoms with E-state index in [0.717, 1.165) is 97.3 Å². The quantitative estimate of drug-likeness (QED) is 0.0458. The van der Waals surface area contributed by atoms with Crippen LogP contribution in [0.25, 0.3) is 0 Å². The molecule has 3 aliphatic rings. The molecule has 20 heteroatoms. The number of likely N-dealkylation sites (N-methyl/N-ethyl adjacent to an activating group) is 1. The molecule has 3 aromatic carbocycles. The van der Waals surface area contributed by atoms with Crippen molar-refractivity contribution >= 4 is 98.7 Å². The molecule has 1 amide bonds. The maximum atomic E-state index is 12.5. The van der Waals surface area contributed by atoms with Crippen molar-refractivity contribution in [2.24, 2.45) is 0 Å². The van der Waals surface area contributed by atoms with Crippen molar-refractivity contribution in [3.05, 3.63) is 113 Å². The molecule has 6 heterocycles. The molecule has 3 saturated heterocycles. The molecule has 0 radical (unpaired) electrons. The van der Waals surface area contributed by atoms with Crippen LogP contribution in [-0.2, 0) is 0 Å². The van der Waals surface area contributed by atoms with Crippen molar-refractivity contribution < 1.29 is 9.53 Å². The highest BCUT2D eigenvalue weighted by Gasteiger charge is 2.27. The third kappa shape index (κ3) is 16.9. The van der Waals surface area contributed by atoms with Gasteiger partial charge in [-0.15, -0.1) is 11.8 Å². The number of para-hydroxylation sites is 2. The average molecular weight is 1130 g/mol. The van der Waals surface area contributed by atoms with Gasteiger partial charge in [0.2, 0.25) is 11.9 Å². The lowest BCUT2D eigenvalue weighted by Crippen LogP contribution is -2.48. The van der Waals surface area contributed by atoms with Crippen LogP contribution in [0.5, 0.6) is 5.75 Å². The Kier molecular flexibility index (Phi) is 21.5. The number of ether oxygens (including phenoxy) is 1. The Hall–Kier alpha value is -6.15. The molecule has 0 atom stereocenters. The van der Waals surface area contributed by atoms with Gasteiger partial charge in [0.05, 0.1) is 52.5 Å². The fraction of sp³-hybridized carbons (Fsp3) is 0.458. The van der Waals surface area contributed by atoms with Crippen molar-refractivity contribution in [3.8, 4) is 5.75 Å². The lowest BCUT2D eigenvalue weighted by Gasteiger charge is -2.40. The number of rotatable bonds is 20. The van der Waals surface area contributed by atoms with Crippen molar-refractivity contribution in [3.63, 3.8) is 0 Å². The molecule has 17 nitrogen and oxygen atoms in total. The van der Waals surface area contributed by atoms with E-state index < -0.39 is 0 Å². The number of benzene rings is 3. The monoisotopic (exact) mass is 1130 g/mol. The number of hydrogen-bond acceptors (Lipinski definition) is 17. The number of aryl methyl sites for hydroxylation is 1. The van der Waals surface area contributed by atoms with E-state index in [-0.39, 0.29) is 12.0 Å². The largest absolute Gasteiger partial charge is 0.489 e. The minimum Gasteiger partial charge on any atom is -0.489 e. The molecule has 0 spiro atoms. The van der Waals surface area contributed by atoms with Gasteiger partial charge in [0.1, 0.15) is 21.6 Å². The number of hydrogen-bond donors (Lipinski definition) is 5. The predicted octanol–water partition coefficient (Wildman–Crippen LogP) is 12.1. The highest BCUT2D eigenvalue weighted by atomic mass is 35.5. The maximum Gasteiger partial charge on any atom is 0.253 e. The summed E-state index contributed by atoms with van der Waals surface area (Å²) >= 11 is 14.7. The van der Waals surface area contributed by atoms with Crippen molar-refractivity contribution in [1.29, 1.82) is 0 Å². The van der Waals surface area contributed by atoms with E-state index in [1.54, 1.807) is 24.0 Å². The first-order chi connectivity index (χ1) is 38.2. The van der Waals surface area contributed by atoms with Gasteiger partial charge in [-0.05, 0) is 129 Å². The Balaban J connectivity index is 0.000000208. The van der Waals surface area contributed by atoms with Gasteiger partial charge in [0.25, 0.3) is 5.91 Å². The normalized spacial score (nSPS) is 15.5. The van der Waals surface area contributed by atoms with Crippen LogP contribution >= 0.6 is 35.0 Å².